The first-order valence-electron chi connectivity index (χ1n) is 7.92. The molecule has 0 aliphatic carbocycles. The van der Waals surface area contributed by atoms with Crippen LogP contribution in [0.3, 0.4) is 0 Å². The first-order valence-corrected chi connectivity index (χ1v) is 8.74. The van der Waals surface area contributed by atoms with E-state index in [4.69, 9.17) is 0 Å². The molecule has 0 unspecified atom stereocenters. The molecule has 4 heterocycles. The maximum Gasteiger partial charge on any atom is 0.214 e. The Morgan fingerprint density at radius 2 is 2.09 bits per heavy atom. The van der Waals surface area contributed by atoms with Crippen molar-refractivity contribution in [1.82, 2.24) is 29.4 Å². The van der Waals surface area contributed by atoms with Crippen molar-refractivity contribution in [2.45, 2.75) is 58.5 Å². The van der Waals surface area contributed by atoms with Crippen LogP contribution in [0.5, 0.6) is 0 Å². The summed E-state index contributed by atoms with van der Waals surface area (Å²) in [6.45, 7) is 9.27. The lowest BCUT2D eigenvalue weighted by atomic mass is 9.93. The van der Waals surface area contributed by atoms with Gasteiger partial charge >= 0.3 is 0 Å². The molecular formula is C15H21N7S. The Balaban J connectivity index is 1.51. The van der Waals surface area contributed by atoms with E-state index >= 15 is 0 Å². The predicted molar refractivity (Wildman–Crippen MR) is 90.1 cm³/mol. The number of fused-ring (bicyclic) bond motifs is 2. The molecule has 0 aromatic carbocycles. The molecule has 1 N–H and O–H groups in total. The van der Waals surface area contributed by atoms with Crippen molar-refractivity contribution in [3.63, 3.8) is 0 Å². The number of hydrogen-bond acceptors (Lipinski definition) is 6. The van der Waals surface area contributed by atoms with E-state index in [0.717, 1.165) is 46.8 Å². The number of hydrogen-bond donors (Lipinski definition) is 1. The summed E-state index contributed by atoms with van der Waals surface area (Å²) in [5.41, 5.74) is 1.12. The second-order valence-corrected chi connectivity index (χ2v) is 8.10. The molecule has 1 aliphatic rings. The number of aryl methyl sites for hydroxylation is 2. The molecule has 0 fully saturated rings. The van der Waals surface area contributed by atoms with Crippen LogP contribution in [-0.4, -0.2) is 35.4 Å². The first kappa shape index (κ1) is 14.6. The average Bonchev–Trinajstić information content (AvgIpc) is 3.08. The molecule has 8 heteroatoms. The van der Waals surface area contributed by atoms with E-state index in [1.807, 2.05) is 22.3 Å². The van der Waals surface area contributed by atoms with Crippen LogP contribution in [-0.2, 0) is 18.4 Å². The Morgan fingerprint density at radius 1 is 1.26 bits per heavy atom. The number of nitrogens with zero attached hydrogens (tertiary/aromatic N) is 6. The van der Waals surface area contributed by atoms with Gasteiger partial charge in [-0.25, -0.2) is 19.2 Å². The Hall–Kier alpha value is -1.96. The normalized spacial score (nSPS) is 18.3. The summed E-state index contributed by atoms with van der Waals surface area (Å²) >= 11 is 1.60. The molecule has 3 aromatic rings. The molecule has 0 amide bonds. The van der Waals surface area contributed by atoms with Gasteiger partial charge in [-0.15, -0.1) is 5.10 Å². The molecule has 0 radical (unpaired) electrons. The maximum absolute atomic E-state index is 4.69. The monoisotopic (exact) mass is 331 g/mol. The Labute approximate surface area is 138 Å². The highest BCUT2D eigenvalue weighted by molar-refractivity contribution is 7.20. The van der Waals surface area contributed by atoms with Crippen LogP contribution in [0.1, 0.15) is 44.5 Å². The van der Waals surface area contributed by atoms with Gasteiger partial charge in [0.15, 0.2) is 0 Å². The number of anilines is 1. The van der Waals surface area contributed by atoms with Gasteiger partial charge in [0.2, 0.25) is 10.1 Å². The lowest BCUT2D eigenvalue weighted by Gasteiger charge is -2.22. The highest BCUT2D eigenvalue weighted by atomic mass is 32.1. The smallest absolute Gasteiger partial charge is 0.214 e. The van der Waals surface area contributed by atoms with Crippen molar-refractivity contribution in [2.75, 3.05) is 5.32 Å². The third-order valence-electron chi connectivity index (χ3n) is 4.10. The fourth-order valence-corrected chi connectivity index (χ4v) is 3.70. The molecule has 7 nitrogen and oxygen atoms in total. The van der Waals surface area contributed by atoms with Crippen LogP contribution < -0.4 is 5.32 Å². The Morgan fingerprint density at radius 3 is 2.83 bits per heavy atom. The zero-order chi connectivity index (χ0) is 16.2. The molecule has 0 saturated carbocycles. The van der Waals surface area contributed by atoms with Crippen molar-refractivity contribution in [3.05, 3.63) is 23.5 Å². The summed E-state index contributed by atoms with van der Waals surface area (Å²) < 4.78 is 3.88. The van der Waals surface area contributed by atoms with E-state index in [1.54, 1.807) is 11.3 Å². The van der Waals surface area contributed by atoms with Gasteiger partial charge in [0.05, 0.1) is 18.4 Å². The SMILES string of the molecule is Cc1nc2n(n1)C[C@H](Nc1nn3cc(C(C)(C)C)nc3s1)CC2. The Kier molecular flexibility index (Phi) is 3.19. The second kappa shape index (κ2) is 5.02. The molecule has 0 bridgehead atoms. The van der Waals surface area contributed by atoms with Gasteiger partial charge < -0.3 is 5.32 Å². The third kappa shape index (κ3) is 2.71. The topological polar surface area (TPSA) is 72.9 Å². The highest BCUT2D eigenvalue weighted by Gasteiger charge is 2.23. The van der Waals surface area contributed by atoms with Crippen LogP contribution in [0.15, 0.2) is 6.20 Å². The quantitative estimate of drug-likeness (QED) is 0.781. The third-order valence-corrected chi connectivity index (χ3v) is 4.96. The molecule has 4 rings (SSSR count). The van der Waals surface area contributed by atoms with E-state index < -0.39 is 0 Å². The van der Waals surface area contributed by atoms with Gasteiger partial charge in [-0.1, -0.05) is 32.1 Å². The summed E-state index contributed by atoms with van der Waals surface area (Å²) in [6, 6.07) is 0.335. The minimum absolute atomic E-state index is 0.0474. The minimum Gasteiger partial charge on any atom is -0.355 e. The standard InChI is InChI=1S/C15H21N7S/c1-9-16-12-6-5-10(7-21(12)19-9)17-13-20-22-8-11(15(2,3)4)18-14(22)23-13/h8,10H,5-7H2,1-4H3,(H,17,20)/t10-/m1/s1. The maximum atomic E-state index is 4.69. The van der Waals surface area contributed by atoms with E-state index in [2.05, 4.69) is 46.3 Å². The average molecular weight is 331 g/mol. The lowest BCUT2D eigenvalue weighted by Crippen LogP contribution is -2.31. The zero-order valence-electron chi connectivity index (χ0n) is 13.9. The Bertz CT molecular complexity index is 820. The van der Waals surface area contributed by atoms with Crippen LogP contribution in [0, 0.1) is 6.92 Å². The number of aromatic nitrogens is 6. The molecule has 0 spiro atoms. The number of nitrogens with one attached hydrogen (secondary N) is 1. The largest absolute Gasteiger partial charge is 0.355 e. The molecule has 3 aromatic heterocycles. The molecule has 0 saturated heterocycles. The van der Waals surface area contributed by atoms with E-state index in [0.29, 0.717) is 6.04 Å². The van der Waals surface area contributed by atoms with Gasteiger partial charge in [0, 0.05) is 17.9 Å². The summed E-state index contributed by atoms with van der Waals surface area (Å²) in [6.07, 6.45) is 4.03. The van der Waals surface area contributed by atoms with Gasteiger partial charge in [0.25, 0.3) is 0 Å². The number of imidazole rings is 1. The van der Waals surface area contributed by atoms with Crippen LogP contribution in [0.2, 0.25) is 0 Å². The summed E-state index contributed by atoms with van der Waals surface area (Å²) in [7, 11) is 0. The fraction of sp³-hybridized carbons (Fsp3) is 0.600. The van der Waals surface area contributed by atoms with Crippen molar-refractivity contribution >= 4 is 21.4 Å². The van der Waals surface area contributed by atoms with Gasteiger partial charge in [0.1, 0.15) is 11.6 Å². The van der Waals surface area contributed by atoms with Crippen molar-refractivity contribution < 1.29 is 0 Å². The van der Waals surface area contributed by atoms with Gasteiger partial charge in [-0.3, -0.25) is 0 Å². The molecule has 1 aliphatic heterocycles. The van der Waals surface area contributed by atoms with Crippen molar-refractivity contribution in [2.24, 2.45) is 0 Å². The van der Waals surface area contributed by atoms with E-state index in [9.17, 15) is 0 Å². The summed E-state index contributed by atoms with van der Waals surface area (Å²) in [5, 5.41) is 13.5. The first-order chi connectivity index (χ1) is 10.9. The molecular weight excluding hydrogens is 310 g/mol. The van der Waals surface area contributed by atoms with Crippen molar-refractivity contribution in [3.8, 4) is 0 Å². The highest BCUT2D eigenvalue weighted by Crippen LogP contribution is 2.27. The molecule has 23 heavy (non-hydrogen) atoms. The van der Waals surface area contributed by atoms with Crippen LogP contribution >= 0.6 is 11.3 Å². The van der Waals surface area contributed by atoms with Crippen LogP contribution in [0.4, 0.5) is 5.13 Å². The van der Waals surface area contributed by atoms with E-state index in [1.165, 1.54) is 0 Å². The lowest BCUT2D eigenvalue weighted by molar-refractivity contribution is 0.440. The van der Waals surface area contributed by atoms with E-state index in [-0.39, 0.29) is 5.41 Å². The van der Waals surface area contributed by atoms with Crippen molar-refractivity contribution in [1.29, 1.82) is 0 Å². The molecule has 1 atom stereocenters. The zero-order valence-corrected chi connectivity index (χ0v) is 14.7. The number of rotatable bonds is 2. The second-order valence-electron chi connectivity index (χ2n) is 7.15. The summed E-state index contributed by atoms with van der Waals surface area (Å²) in [5.74, 6) is 1.94. The fourth-order valence-electron chi connectivity index (χ4n) is 2.85. The van der Waals surface area contributed by atoms with Crippen LogP contribution in [0.25, 0.3) is 4.96 Å². The predicted octanol–water partition coefficient (Wildman–Crippen LogP) is 2.42. The van der Waals surface area contributed by atoms with Gasteiger partial charge in [-0.2, -0.15) is 5.10 Å². The minimum atomic E-state index is 0.0474. The summed E-state index contributed by atoms with van der Waals surface area (Å²) in [4.78, 5) is 10.1. The molecule has 122 valence electrons. The van der Waals surface area contributed by atoms with Gasteiger partial charge in [-0.05, 0) is 13.3 Å².